The first kappa shape index (κ1) is 16.4. The average molecular weight is 348 g/mol. The van der Waals surface area contributed by atoms with Gasteiger partial charge in [0.1, 0.15) is 23.0 Å². The number of nitrogens with one attached hydrogen (secondary N) is 1. The molecular weight excluding hydrogens is 334 g/mol. The molecule has 0 saturated heterocycles. The van der Waals surface area contributed by atoms with Gasteiger partial charge in [0, 0.05) is 36.8 Å². The van der Waals surface area contributed by atoms with Gasteiger partial charge in [0.15, 0.2) is 5.16 Å². The van der Waals surface area contributed by atoms with Crippen molar-refractivity contribution in [2.45, 2.75) is 11.7 Å². The summed E-state index contributed by atoms with van der Waals surface area (Å²) in [6, 6.07) is 4.96. The van der Waals surface area contributed by atoms with Crippen LogP contribution in [0.15, 0.2) is 40.4 Å². The smallest absolute Gasteiger partial charge is 0.275 e. The number of aromatic nitrogens is 3. The van der Waals surface area contributed by atoms with Gasteiger partial charge in [-0.2, -0.15) is 0 Å². The Balaban J connectivity index is 1.95. The van der Waals surface area contributed by atoms with Gasteiger partial charge < -0.3 is 5.32 Å². The molecule has 2 heterocycles. The fraction of sp³-hybridized carbons (Fsp3) is 0.188. The van der Waals surface area contributed by atoms with E-state index in [4.69, 9.17) is 0 Å². The van der Waals surface area contributed by atoms with Crippen LogP contribution < -0.4 is 10.9 Å². The van der Waals surface area contributed by atoms with Crippen molar-refractivity contribution >= 4 is 28.5 Å². The van der Waals surface area contributed by atoms with Crippen molar-refractivity contribution in [3.05, 3.63) is 58.0 Å². The molecule has 0 aliphatic rings. The summed E-state index contributed by atoms with van der Waals surface area (Å²) in [6.45, 7) is 0.0661. The molecule has 1 N–H and O–H groups in total. The number of thioether (sulfide) groups is 1. The average Bonchev–Trinajstić information content (AvgIpc) is 2.58. The molecule has 0 spiro atoms. The van der Waals surface area contributed by atoms with Gasteiger partial charge in [0.25, 0.3) is 5.56 Å². The molecule has 124 valence electrons. The quantitative estimate of drug-likeness (QED) is 0.580. The third-order valence-electron chi connectivity index (χ3n) is 3.59. The Hall–Kier alpha value is -2.48. The lowest BCUT2D eigenvalue weighted by Gasteiger charge is -2.11. The lowest BCUT2D eigenvalue weighted by Crippen LogP contribution is -2.22. The number of fused-ring (bicyclic) bond motifs is 1. The highest BCUT2D eigenvalue weighted by atomic mass is 32.2. The van der Waals surface area contributed by atoms with Crippen molar-refractivity contribution < 1.29 is 8.78 Å². The Bertz CT molecular complexity index is 974. The molecule has 0 amide bonds. The highest BCUT2D eigenvalue weighted by molar-refractivity contribution is 7.98. The Morgan fingerprint density at radius 2 is 2.08 bits per heavy atom. The van der Waals surface area contributed by atoms with Crippen LogP contribution in [0.2, 0.25) is 0 Å². The fourth-order valence-corrected chi connectivity index (χ4v) is 2.65. The van der Waals surface area contributed by atoms with Crippen LogP contribution in [0.5, 0.6) is 0 Å². The zero-order valence-electron chi connectivity index (χ0n) is 13.0. The number of rotatable bonds is 4. The Morgan fingerprint density at radius 3 is 2.79 bits per heavy atom. The molecule has 0 unspecified atom stereocenters. The monoisotopic (exact) mass is 348 g/mol. The molecule has 2 aromatic heterocycles. The van der Waals surface area contributed by atoms with Crippen LogP contribution in [0, 0.1) is 11.6 Å². The summed E-state index contributed by atoms with van der Waals surface area (Å²) < 4.78 is 28.0. The Morgan fingerprint density at radius 1 is 1.29 bits per heavy atom. The lowest BCUT2D eigenvalue weighted by atomic mass is 10.2. The summed E-state index contributed by atoms with van der Waals surface area (Å²) in [5.74, 6) is -1.30. The van der Waals surface area contributed by atoms with Gasteiger partial charge >= 0.3 is 0 Å². The zero-order chi connectivity index (χ0) is 17.3. The number of hydrogen-bond acceptors (Lipinski definition) is 5. The van der Waals surface area contributed by atoms with Gasteiger partial charge in [0.05, 0.1) is 0 Å². The number of anilines is 1. The number of halogens is 2. The van der Waals surface area contributed by atoms with Crippen LogP contribution in [-0.2, 0) is 13.6 Å². The normalized spacial score (nSPS) is 11.0. The van der Waals surface area contributed by atoms with Crippen molar-refractivity contribution in [2.24, 2.45) is 7.05 Å². The first-order valence-corrected chi connectivity index (χ1v) is 8.30. The number of benzene rings is 1. The van der Waals surface area contributed by atoms with Crippen LogP contribution >= 0.6 is 11.8 Å². The molecule has 0 atom stereocenters. The van der Waals surface area contributed by atoms with E-state index in [1.54, 1.807) is 19.3 Å². The van der Waals surface area contributed by atoms with E-state index in [-0.39, 0.29) is 17.7 Å². The molecule has 0 bridgehead atoms. The molecule has 3 aromatic rings. The van der Waals surface area contributed by atoms with E-state index in [9.17, 15) is 13.6 Å². The van der Waals surface area contributed by atoms with E-state index in [1.165, 1.54) is 28.5 Å². The largest absolute Gasteiger partial charge is 0.376 e. The summed E-state index contributed by atoms with van der Waals surface area (Å²) in [5.41, 5.74) is 0.815. The van der Waals surface area contributed by atoms with Gasteiger partial charge in [-0.25, -0.2) is 18.7 Å². The van der Waals surface area contributed by atoms with Crippen molar-refractivity contribution in [1.29, 1.82) is 0 Å². The minimum absolute atomic E-state index is 0.0661. The minimum Gasteiger partial charge on any atom is -0.376 e. The second-order valence-electron chi connectivity index (χ2n) is 5.15. The molecule has 0 aliphatic carbocycles. The fourth-order valence-electron chi connectivity index (χ4n) is 2.31. The first-order valence-electron chi connectivity index (χ1n) is 7.08. The number of aryl methyl sites for hydroxylation is 1. The first-order chi connectivity index (χ1) is 11.5. The predicted octanol–water partition coefficient (Wildman–Crippen LogP) is 2.94. The van der Waals surface area contributed by atoms with Crippen molar-refractivity contribution in [2.75, 3.05) is 11.6 Å². The number of pyridine rings is 1. The van der Waals surface area contributed by atoms with E-state index in [0.717, 1.165) is 6.07 Å². The van der Waals surface area contributed by atoms with E-state index < -0.39 is 11.6 Å². The predicted molar refractivity (Wildman–Crippen MR) is 90.2 cm³/mol. The van der Waals surface area contributed by atoms with Crippen LogP contribution in [0.25, 0.3) is 11.0 Å². The Kier molecular flexibility index (Phi) is 4.48. The molecule has 5 nitrogen and oxygen atoms in total. The standard InChI is InChI=1S/C16H14F2N4OS/c1-22-14-10(8-20-16(21-14)24-2)5-13(15(22)23)19-7-9-3-4-11(17)6-12(9)18/h3-6,8,19H,7H2,1-2H3. The third-order valence-corrected chi connectivity index (χ3v) is 4.16. The van der Waals surface area contributed by atoms with Gasteiger partial charge in [-0.1, -0.05) is 17.8 Å². The van der Waals surface area contributed by atoms with Gasteiger partial charge in [-0.15, -0.1) is 0 Å². The topological polar surface area (TPSA) is 59.8 Å². The molecule has 0 aliphatic heterocycles. The van der Waals surface area contributed by atoms with Gasteiger partial charge in [-0.3, -0.25) is 9.36 Å². The van der Waals surface area contributed by atoms with Gasteiger partial charge in [0.2, 0.25) is 0 Å². The molecule has 0 saturated carbocycles. The summed E-state index contributed by atoms with van der Waals surface area (Å²) in [5, 5.41) is 4.16. The van der Waals surface area contributed by atoms with E-state index >= 15 is 0 Å². The van der Waals surface area contributed by atoms with Crippen molar-refractivity contribution in [1.82, 2.24) is 14.5 Å². The Labute approximate surface area is 140 Å². The maximum Gasteiger partial charge on any atom is 0.275 e. The summed E-state index contributed by atoms with van der Waals surface area (Å²) in [7, 11) is 1.62. The number of hydrogen-bond donors (Lipinski definition) is 1. The molecule has 8 heteroatoms. The highest BCUT2D eigenvalue weighted by Crippen LogP contribution is 2.17. The van der Waals surface area contributed by atoms with E-state index in [1.807, 2.05) is 6.26 Å². The van der Waals surface area contributed by atoms with E-state index in [0.29, 0.717) is 21.9 Å². The molecule has 0 radical (unpaired) electrons. The molecular formula is C16H14F2N4OS. The maximum atomic E-state index is 13.7. The molecule has 1 aromatic carbocycles. The highest BCUT2D eigenvalue weighted by Gasteiger charge is 2.10. The molecule has 0 fully saturated rings. The zero-order valence-corrected chi connectivity index (χ0v) is 13.8. The van der Waals surface area contributed by atoms with Crippen LogP contribution in [0.1, 0.15) is 5.56 Å². The summed E-state index contributed by atoms with van der Waals surface area (Å²) in [6.07, 6.45) is 3.49. The number of nitrogens with zero attached hydrogens (tertiary/aromatic N) is 3. The van der Waals surface area contributed by atoms with Crippen molar-refractivity contribution in [3.8, 4) is 0 Å². The second-order valence-corrected chi connectivity index (χ2v) is 5.92. The summed E-state index contributed by atoms with van der Waals surface area (Å²) >= 11 is 1.39. The summed E-state index contributed by atoms with van der Waals surface area (Å²) in [4.78, 5) is 20.9. The third kappa shape index (κ3) is 3.09. The van der Waals surface area contributed by atoms with Crippen LogP contribution in [-0.4, -0.2) is 20.8 Å². The minimum atomic E-state index is -0.659. The molecule has 3 rings (SSSR count). The van der Waals surface area contributed by atoms with E-state index in [2.05, 4.69) is 15.3 Å². The van der Waals surface area contributed by atoms with Crippen LogP contribution in [0.4, 0.5) is 14.5 Å². The lowest BCUT2D eigenvalue weighted by molar-refractivity contribution is 0.574. The molecule has 24 heavy (non-hydrogen) atoms. The second kappa shape index (κ2) is 6.56. The van der Waals surface area contributed by atoms with Gasteiger partial charge in [-0.05, 0) is 18.4 Å². The maximum absolute atomic E-state index is 13.7. The van der Waals surface area contributed by atoms with Crippen LogP contribution in [0.3, 0.4) is 0 Å². The van der Waals surface area contributed by atoms with Crippen molar-refractivity contribution in [3.63, 3.8) is 0 Å². The SMILES string of the molecule is CSc1ncc2cc(NCc3ccc(F)cc3F)c(=O)n(C)c2n1.